The van der Waals surface area contributed by atoms with Crippen LogP contribution >= 0.6 is 11.6 Å². The van der Waals surface area contributed by atoms with Gasteiger partial charge in [0.1, 0.15) is 0 Å². The van der Waals surface area contributed by atoms with Crippen molar-refractivity contribution >= 4 is 30.5 Å². The van der Waals surface area contributed by atoms with Crippen molar-refractivity contribution < 1.29 is 4.74 Å². The van der Waals surface area contributed by atoms with Gasteiger partial charge < -0.3 is 9.64 Å². The summed E-state index contributed by atoms with van der Waals surface area (Å²) in [6.07, 6.45) is 1.77. The molecule has 2 rings (SSSR count). The highest BCUT2D eigenvalue weighted by Crippen LogP contribution is 2.29. The van der Waals surface area contributed by atoms with Crippen molar-refractivity contribution in [3.05, 3.63) is 23.2 Å². The molecular weight excluding hydrogens is 298 g/mol. The maximum absolute atomic E-state index is 6.49. The summed E-state index contributed by atoms with van der Waals surface area (Å²) in [5, 5.41) is 2.37. The lowest BCUT2D eigenvalue weighted by Crippen LogP contribution is -2.47. The van der Waals surface area contributed by atoms with Gasteiger partial charge in [-0.2, -0.15) is 0 Å². The molecule has 1 aromatic carbocycles. The fourth-order valence-electron chi connectivity index (χ4n) is 3.32. The van der Waals surface area contributed by atoms with Crippen LogP contribution in [0.5, 0.6) is 0 Å². The monoisotopic (exact) mass is 325 g/mol. The third kappa shape index (κ3) is 4.02. The van der Waals surface area contributed by atoms with Gasteiger partial charge in [0.2, 0.25) is 0 Å². The van der Waals surface area contributed by atoms with Crippen LogP contribution in [0.4, 0.5) is 5.69 Å². The van der Waals surface area contributed by atoms with E-state index >= 15 is 0 Å². The third-order valence-electron chi connectivity index (χ3n) is 4.36. The molecule has 0 N–H and O–H groups in total. The molecule has 1 aromatic rings. The van der Waals surface area contributed by atoms with Gasteiger partial charge in [-0.05, 0) is 26.0 Å². The lowest BCUT2D eigenvalue weighted by molar-refractivity contribution is -0.00520. The standard InChI is InChI=1S/C17H28ClNOSi/c1-6-9-21(4,5)15-7-8-16(18)17(10-15)19-11-13(2)20-14(3)12-19/h7-8,10,13-14H,6,9,11-12H2,1-5H3. The van der Waals surface area contributed by atoms with Gasteiger partial charge in [-0.1, -0.05) is 55.3 Å². The maximum Gasteiger partial charge on any atom is 0.0807 e. The first kappa shape index (κ1) is 16.9. The minimum Gasteiger partial charge on any atom is -0.372 e. The highest BCUT2D eigenvalue weighted by Gasteiger charge is 2.27. The Bertz CT molecular complexity index is 482. The first-order chi connectivity index (χ1) is 9.83. The number of morpholine rings is 1. The molecule has 0 aliphatic carbocycles. The minimum atomic E-state index is -1.35. The van der Waals surface area contributed by atoms with Crippen LogP contribution < -0.4 is 10.1 Å². The Hall–Kier alpha value is -0.513. The molecule has 2 atom stereocenters. The number of hydrogen-bond donors (Lipinski definition) is 0. The molecule has 21 heavy (non-hydrogen) atoms. The number of halogens is 1. The van der Waals surface area contributed by atoms with E-state index in [0.29, 0.717) is 0 Å². The molecule has 1 aliphatic rings. The van der Waals surface area contributed by atoms with Crippen LogP contribution in [0, 0.1) is 0 Å². The van der Waals surface area contributed by atoms with Crippen LogP contribution in [-0.2, 0) is 4.74 Å². The summed E-state index contributed by atoms with van der Waals surface area (Å²) in [6.45, 7) is 13.3. The average Bonchev–Trinajstić information content (AvgIpc) is 2.37. The molecule has 0 spiro atoms. The summed E-state index contributed by atoms with van der Waals surface area (Å²) in [6, 6.07) is 7.99. The number of rotatable bonds is 4. The van der Waals surface area contributed by atoms with E-state index < -0.39 is 8.07 Å². The second-order valence-electron chi connectivity index (χ2n) is 6.96. The lowest BCUT2D eigenvalue weighted by atomic mass is 10.2. The Balaban J connectivity index is 2.31. The molecule has 2 unspecified atom stereocenters. The Labute approximate surface area is 135 Å². The molecule has 1 aliphatic heterocycles. The SMILES string of the molecule is CCC[Si](C)(C)c1ccc(Cl)c(N2CC(C)OC(C)C2)c1. The summed E-state index contributed by atoms with van der Waals surface area (Å²) in [5.74, 6) is 0. The Morgan fingerprint density at radius 3 is 2.43 bits per heavy atom. The number of ether oxygens (including phenoxy) is 1. The zero-order chi connectivity index (χ0) is 15.6. The summed E-state index contributed by atoms with van der Waals surface area (Å²) < 4.78 is 5.84. The van der Waals surface area contributed by atoms with Crippen molar-refractivity contribution in [1.29, 1.82) is 0 Å². The molecule has 1 fully saturated rings. The molecule has 2 nitrogen and oxygen atoms in total. The van der Waals surface area contributed by atoms with Crippen LogP contribution in [-0.4, -0.2) is 33.4 Å². The third-order valence-corrected chi connectivity index (χ3v) is 8.31. The van der Waals surface area contributed by atoms with E-state index in [4.69, 9.17) is 16.3 Å². The number of anilines is 1. The minimum absolute atomic E-state index is 0.259. The first-order valence-corrected chi connectivity index (χ1v) is 11.6. The Morgan fingerprint density at radius 2 is 1.86 bits per heavy atom. The maximum atomic E-state index is 6.49. The van der Waals surface area contributed by atoms with Crippen LogP contribution in [0.3, 0.4) is 0 Å². The van der Waals surface area contributed by atoms with Crippen molar-refractivity contribution in [3.63, 3.8) is 0 Å². The molecule has 0 saturated carbocycles. The van der Waals surface area contributed by atoms with E-state index in [1.54, 1.807) is 0 Å². The van der Waals surface area contributed by atoms with E-state index in [2.05, 4.69) is 57.0 Å². The Morgan fingerprint density at radius 1 is 1.24 bits per heavy atom. The van der Waals surface area contributed by atoms with Gasteiger partial charge in [0.05, 0.1) is 31.0 Å². The number of hydrogen-bond acceptors (Lipinski definition) is 2. The predicted molar refractivity (Wildman–Crippen MR) is 95.9 cm³/mol. The van der Waals surface area contributed by atoms with E-state index in [0.717, 1.165) is 18.1 Å². The second-order valence-corrected chi connectivity index (χ2v) is 12.2. The van der Waals surface area contributed by atoms with Crippen molar-refractivity contribution in [2.75, 3.05) is 18.0 Å². The molecule has 1 heterocycles. The van der Waals surface area contributed by atoms with Crippen LogP contribution in [0.15, 0.2) is 18.2 Å². The van der Waals surface area contributed by atoms with Gasteiger partial charge in [0, 0.05) is 13.1 Å². The zero-order valence-electron chi connectivity index (χ0n) is 13.9. The molecule has 0 radical (unpaired) electrons. The topological polar surface area (TPSA) is 12.5 Å². The number of nitrogens with zero attached hydrogens (tertiary/aromatic N) is 1. The summed E-state index contributed by atoms with van der Waals surface area (Å²) in [7, 11) is -1.35. The molecular formula is C17H28ClNOSi. The van der Waals surface area contributed by atoms with Crippen LogP contribution in [0.2, 0.25) is 24.2 Å². The first-order valence-electron chi connectivity index (χ1n) is 8.04. The fourth-order valence-corrected chi connectivity index (χ4v) is 6.16. The normalized spacial score (nSPS) is 23.4. The predicted octanol–water partition coefficient (Wildman–Crippen LogP) is 4.28. The molecule has 4 heteroatoms. The van der Waals surface area contributed by atoms with Gasteiger partial charge in [0.15, 0.2) is 0 Å². The zero-order valence-corrected chi connectivity index (χ0v) is 15.7. The summed E-state index contributed by atoms with van der Waals surface area (Å²) >= 11 is 6.49. The lowest BCUT2D eigenvalue weighted by Gasteiger charge is -2.38. The molecule has 0 amide bonds. The van der Waals surface area contributed by atoms with Crippen molar-refractivity contribution in [2.24, 2.45) is 0 Å². The van der Waals surface area contributed by atoms with E-state index in [1.807, 2.05) is 0 Å². The van der Waals surface area contributed by atoms with Gasteiger partial charge >= 0.3 is 0 Å². The van der Waals surface area contributed by atoms with Gasteiger partial charge in [-0.25, -0.2) is 0 Å². The molecule has 0 bridgehead atoms. The quantitative estimate of drug-likeness (QED) is 0.766. The van der Waals surface area contributed by atoms with Gasteiger partial charge in [-0.3, -0.25) is 0 Å². The largest absolute Gasteiger partial charge is 0.372 e. The molecule has 0 aromatic heterocycles. The van der Waals surface area contributed by atoms with Gasteiger partial charge in [-0.15, -0.1) is 0 Å². The van der Waals surface area contributed by atoms with Crippen molar-refractivity contribution in [3.8, 4) is 0 Å². The van der Waals surface area contributed by atoms with Crippen LogP contribution in [0.1, 0.15) is 27.2 Å². The van der Waals surface area contributed by atoms with Gasteiger partial charge in [0.25, 0.3) is 0 Å². The molecule has 1 saturated heterocycles. The Kier molecular flexibility index (Phi) is 5.39. The average molecular weight is 326 g/mol. The number of benzene rings is 1. The molecule has 118 valence electrons. The smallest absolute Gasteiger partial charge is 0.0807 e. The van der Waals surface area contributed by atoms with Crippen LogP contribution in [0.25, 0.3) is 0 Å². The van der Waals surface area contributed by atoms with Crippen molar-refractivity contribution in [2.45, 2.75) is 58.5 Å². The van der Waals surface area contributed by atoms with E-state index in [-0.39, 0.29) is 12.2 Å². The highest BCUT2D eigenvalue weighted by molar-refractivity contribution is 6.89. The highest BCUT2D eigenvalue weighted by atomic mass is 35.5. The second kappa shape index (κ2) is 6.72. The van der Waals surface area contributed by atoms with E-state index in [1.165, 1.54) is 23.3 Å². The summed E-state index contributed by atoms with van der Waals surface area (Å²) in [5.41, 5.74) is 1.19. The summed E-state index contributed by atoms with van der Waals surface area (Å²) in [4.78, 5) is 2.39. The fraction of sp³-hybridized carbons (Fsp3) is 0.647. The van der Waals surface area contributed by atoms with Crippen molar-refractivity contribution in [1.82, 2.24) is 0 Å². The van der Waals surface area contributed by atoms with E-state index in [9.17, 15) is 0 Å².